The summed E-state index contributed by atoms with van der Waals surface area (Å²) in [4.78, 5) is 0. The molecule has 2 N–H and O–H groups in total. The van der Waals surface area contributed by atoms with Gasteiger partial charge in [0.15, 0.2) is 0 Å². The van der Waals surface area contributed by atoms with Gasteiger partial charge in [-0.25, -0.2) is 0 Å². The van der Waals surface area contributed by atoms with Gasteiger partial charge in [-0.2, -0.15) is 0 Å². The molecule has 0 saturated carbocycles. The Bertz CT molecular complexity index is 76.8. The van der Waals surface area contributed by atoms with E-state index in [4.69, 9.17) is 14.9 Å². The van der Waals surface area contributed by atoms with Crippen LogP contribution in [0.5, 0.6) is 0 Å². The van der Waals surface area contributed by atoms with Crippen molar-refractivity contribution in [2.75, 3.05) is 33.5 Å². The maximum atomic E-state index is 9.04. The second-order valence-electron chi connectivity index (χ2n) is 2.26. The van der Waals surface area contributed by atoms with Crippen LogP contribution >= 0.6 is 0 Å². The van der Waals surface area contributed by atoms with Gasteiger partial charge in [0.2, 0.25) is 0 Å². The summed E-state index contributed by atoms with van der Waals surface area (Å²) in [6.07, 6.45) is 0.0540. The molecule has 0 aliphatic heterocycles. The van der Waals surface area contributed by atoms with E-state index in [9.17, 15) is 0 Å². The van der Waals surface area contributed by atoms with E-state index in [2.05, 4.69) is 4.74 Å². The smallest absolute Gasteiger partial charge is 0.101 e. The predicted octanol–water partition coefficient (Wildman–Crippen LogP) is -0.607. The SMILES string of the molecule is COCC(O)COCCCO. The summed E-state index contributed by atoms with van der Waals surface area (Å²) in [5.41, 5.74) is 0. The molecular formula is C7H16O4. The van der Waals surface area contributed by atoms with E-state index in [-0.39, 0.29) is 13.2 Å². The van der Waals surface area contributed by atoms with E-state index < -0.39 is 6.10 Å². The maximum Gasteiger partial charge on any atom is 0.101 e. The third kappa shape index (κ3) is 7.74. The van der Waals surface area contributed by atoms with Gasteiger partial charge in [-0.05, 0) is 6.42 Å². The molecule has 0 saturated heterocycles. The van der Waals surface area contributed by atoms with Crippen molar-refractivity contribution < 1.29 is 19.7 Å². The highest BCUT2D eigenvalue weighted by Gasteiger charge is 2.01. The van der Waals surface area contributed by atoms with E-state index in [1.807, 2.05) is 0 Å². The Balaban J connectivity index is 2.97. The van der Waals surface area contributed by atoms with E-state index in [0.29, 0.717) is 19.6 Å². The Labute approximate surface area is 66.7 Å². The molecule has 0 aromatic heterocycles. The molecule has 0 heterocycles. The van der Waals surface area contributed by atoms with Crippen molar-refractivity contribution in [3.63, 3.8) is 0 Å². The number of aliphatic hydroxyl groups is 2. The van der Waals surface area contributed by atoms with E-state index in [1.54, 1.807) is 0 Å². The fourth-order valence-corrected chi connectivity index (χ4v) is 0.626. The van der Waals surface area contributed by atoms with Crippen LogP contribution in [0.3, 0.4) is 0 Å². The minimum Gasteiger partial charge on any atom is -0.396 e. The van der Waals surface area contributed by atoms with Crippen LogP contribution in [0, 0.1) is 0 Å². The van der Waals surface area contributed by atoms with Crippen LogP contribution in [0.2, 0.25) is 0 Å². The molecule has 0 spiro atoms. The zero-order valence-corrected chi connectivity index (χ0v) is 6.82. The molecule has 0 rings (SSSR count). The minimum atomic E-state index is -0.557. The molecule has 68 valence electrons. The van der Waals surface area contributed by atoms with E-state index in [1.165, 1.54) is 7.11 Å². The average molecular weight is 164 g/mol. The van der Waals surface area contributed by atoms with Crippen molar-refractivity contribution in [2.24, 2.45) is 0 Å². The minimum absolute atomic E-state index is 0.125. The summed E-state index contributed by atoms with van der Waals surface area (Å²) in [5.74, 6) is 0. The Morgan fingerprint density at radius 1 is 1.36 bits per heavy atom. The molecule has 4 heteroatoms. The van der Waals surface area contributed by atoms with Gasteiger partial charge in [-0.15, -0.1) is 0 Å². The van der Waals surface area contributed by atoms with E-state index >= 15 is 0 Å². The summed E-state index contributed by atoms with van der Waals surface area (Å²) in [5, 5.41) is 17.4. The third-order valence-electron chi connectivity index (χ3n) is 1.12. The first-order valence-electron chi connectivity index (χ1n) is 3.67. The Hall–Kier alpha value is -0.160. The number of ether oxygens (including phenoxy) is 2. The van der Waals surface area contributed by atoms with Crippen molar-refractivity contribution in [2.45, 2.75) is 12.5 Å². The highest BCUT2D eigenvalue weighted by molar-refractivity contribution is 4.49. The van der Waals surface area contributed by atoms with Crippen LogP contribution in [0.25, 0.3) is 0 Å². The standard InChI is InChI=1S/C7H16O4/c1-10-5-7(9)6-11-4-2-3-8/h7-9H,2-6H2,1H3. The quantitative estimate of drug-likeness (QED) is 0.493. The van der Waals surface area contributed by atoms with Gasteiger partial charge in [-0.1, -0.05) is 0 Å². The van der Waals surface area contributed by atoms with Gasteiger partial charge in [0.05, 0.1) is 13.2 Å². The Morgan fingerprint density at radius 3 is 2.64 bits per heavy atom. The van der Waals surface area contributed by atoms with Gasteiger partial charge >= 0.3 is 0 Å². The predicted molar refractivity (Wildman–Crippen MR) is 40.4 cm³/mol. The highest BCUT2D eigenvalue weighted by atomic mass is 16.5. The molecule has 0 amide bonds. The summed E-state index contributed by atoms with van der Waals surface area (Å²) in [6, 6.07) is 0. The van der Waals surface area contributed by atoms with Crippen molar-refractivity contribution in [1.29, 1.82) is 0 Å². The Kier molecular flexibility index (Phi) is 7.83. The number of hydrogen-bond acceptors (Lipinski definition) is 4. The second-order valence-corrected chi connectivity index (χ2v) is 2.26. The molecule has 4 nitrogen and oxygen atoms in total. The number of aliphatic hydroxyl groups excluding tert-OH is 2. The Morgan fingerprint density at radius 2 is 2.09 bits per heavy atom. The topological polar surface area (TPSA) is 58.9 Å². The van der Waals surface area contributed by atoms with Crippen LogP contribution < -0.4 is 0 Å². The fourth-order valence-electron chi connectivity index (χ4n) is 0.626. The second kappa shape index (κ2) is 7.94. The zero-order valence-electron chi connectivity index (χ0n) is 6.82. The lowest BCUT2D eigenvalue weighted by molar-refractivity contribution is -0.00864. The molecular weight excluding hydrogens is 148 g/mol. The first-order chi connectivity index (χ1) is 5.31. The van der Waals surface area contributed by atoms with Crippen LogP contribution in [0.1, 0.15) is 6.42 Å². The van der Waals surface area contributed by atoms with Gasteiger partial charge in [-0.3, -0.25) is 0 Å². The third-order valence-corrected chi connectivity index (χ3v) is 1.12. The lowest BCUT2D eigenvalue weighted by Gasteiger charge is -2.08. The van der Waals surface area contributed by atoms with Crippen molar-refractivity contribution in [3.05, 3.63) is 0 Å². The van der Waals surface area contributed by atoms with Gasteiger partial charge in [0.1, 0.15) is 6.10 Å². The summed E-state index contributed by atoms with van der Waals surface area (Å²) >= 11 is 0. The van der Waals surface area contributed by atoms with Crippen molar-refractivity contribution in [3.8, 4) is 0 Å². The molecule has 1 unspecified atom stereocenters. The maximum absolute atomic E-state index is 9.04. The van der Waals surface area contributed by atoms with Gasteiger partial charge in [0, 0.05) is 20.3 Å². The van der Waals surface area contributed by atoms with E-state index in [0.717, 1.165) is 0 Å². The number of hydrogen-bond donors (Lipinski definition) is 2. The lowest BCUT2D eigenvalue weighted by Crippen LogP contribution is -2.21. The van der Waals surface area contributed by atoms with Crippen molar-refractivity contribution >= 4 is 0 Å². The normalized spacial score (nSPS) is 13.4. The molecule has 0 radical (unpaired) electrons. The molecule has 0 bridgehead atoms. The number of methoxy groups -OCH3 is 1. The summed E-state index contributed by atoms with van der Waals surface area (Å²) < 4.78 is 9.68. The molecule has 0 aromatic carbocycles. The summed E-state index contributed by atoms with van der Waals surface area (Å²) in [7, 11) is 1.52. The highest BCUT2D eigenvalue weighted by Crippen LogP contribution is 1.87. The van der Waals surface area contributed by atoms with Crippen LogP contribution in [0.4, 0.5) is 0 Å². The first kappa shape index (κ1) is 10.8. The lowest BCUT2D eigenvalue weighted by atomic mass is 10.4. The van der Waals surface area contributed by atoms with Crippen LogP contribution in [-0.4, -0.2) is 49.9 Å². The molecule has 0 fully saturated rings. The molecule has 0 aromatic rings. The van der Waals surface area contributed by atoms with Crippen LogP contribution in [0.15, 0.2) is 0 Å². The zero-order chi connectivity index (χ0) is 8.53. The molecule has 1 atom stereocenters. The first-order valence-corrected chi connectivity index (χ1v) is 3.67. The molecule has 11 heavy (non-hydrogen) atoms. The van der Waals surface area contributed by atoms with Gasteiger partial charge < -0.3 is 19.7 Å². The molecule has 0 aliphatic rings. The monoisotopic (exact) mass is 164 g/mol. The average Bonchev–Trinajstić information content (AvgIpc) is 1.99. The van der Waals surface area contributed by atoms with Crippen molar-refractivity contribution in [1.82, 2.24) is 0 Å². The number of rotatable bonds is 7. The molecule has 0 aliphatic carbocycles. The van der Waals surface area contributed by atoms with Crippen LogP contribution in [-0.2, 0) is 9.47 Å². The fraction of sp³-hybridized carbons (Fsp3) is 1.00. The van der Waals surface area contributed by atoms with Gasteiger partial charge in [0.25, 0.3) is 0 Å². The summed E-state index contributed by atoms with van der Waals surface area (Å²) in [6.45, 7) is 1.17. The largest absolute Gasteiger partial charge is 0.396 e.